The largest absolute Gasteiger partial charge is 0.508 e. The highest BCUT2D eigenvalue weighted by molar-refractivity contribution is 5.32. The molecule has 0 radical (unpaired) electrons. The molecule has 0 aliphatic heterocycles. The molecule has 1 aromatic carbocycles. The molecule has 1 nitrogen and oxygen atoms in total. The minimum atomic E-state index is 0.340. The summed E-state index contributed by atoms with van der Waals surface area (Å²) in [6.07, 6.45) is 5.69. The molecule has 0 aromatic heterocycles. The molecule has 0 fully saturated rings. The van der Waals surface area contributed by atoms with Crippen molar-refractivity contribution in [2.75, 3.05) is 0 Å². The Morgan fingerprint density at radius 2 is 2.19 bits per heavy atom. The minimum Gasteiger partial charge on any atom is -0.508 e. The van der Waals surface area contributed by atoms with Gasteiger partial charge in [-0.05, 0) is 30.0 Å². The van der Waals surface area contributed by atoms with Gasteiger partial charge < -0.3 is 5.11 Å². The molecule has 88 valence electrons. The third-order valence-electron chi connectivity index (χ3n) is 3.14. The van der Waals surface area contributed by atoms with Crippen molar-refractivity contribution in [2.45, 2.75) is 39.0 Å². The van der Waals surface area contributed by atoms with Crippen LogP contribution in [0.25, 0.3) is 0 Å². The van der Waals surface area contributed by atoms with Gasteiger partial charge in [0.25, 0.3) is 0 Å². The van der Waals surface area contributed by atoms with E-state index in [1.165, 1.54) is 24.8 Å². The Balaban J connectivity index is 2.77. The van der Waals surface area contributed by atoms with Crippen LogP contribution in [0.1, 0.15) is 44.6 Å². The standard InChI is InChI=1S/C15H22O/c1-4-6-8-12(3)15(5-2)13-9-7-10-14(16)11-13/h5,7,9-12,15-16H,2,4,6,8H2,1,3H3. The first kappa shape index (κ1) is 12.8. The molecule has 0 aliphatic carbocycles. The average molecular weight is 218 g/mol. The third-order valence-corrected chi connectivity index (χ3v) is 3.14. The summed E-state index contributed by atoms with van der Waals surface area (Å²) in [6, 6.07) is 7.51. The van der Waals surface area contributed by atoms with Crippen molar-refractivity contribution in [3.63, 3.8) is 0 Å². The number of allylic oxidation sites excluding steroid dienone is 1. The molecule has 2 atom stereocenters. The molecule has 1 N–H and O–H groups in total. The fourth-order valence-electron chi connectivity index (χ4n) is 2.13. The predicted octanol–water partition coefficient (Wildman–Crippen LogP) is 4.49. The van der Waals surface area contributed by atoms with E-state index in [9.17, 15) is 5.11 Å². The zero-order valence-electron chi connectivity index (χ0n) is 10.3. The first-order valence-corrected chi connectivity index (χ1v) is 6.10. The molecular formula is C15H22O. The van der Waals surface area contributed by atoms with E-state index >= 15 is 0 Å². The van der Waals surface area contributed by atoms with E-state index in [2.05, 4.69) is 26.5 Å². The zero-order chi connectivity index (χ0) is 12.0. The van der Waals surface area contributed by atoms with E-state index in [1.54, 1.807) is 6.07 Å². The van der Waals surface area contributed by atoms with Gasteiger partial charge in [0.1, 0.15) is 5.75 Å². The highest BCUT2D eigenvalue weighted by atomic mass is 16.3. The van der Waals surface area contributed by atoms with Crippen LogP contribution < -0.4 is 0 Å². The summed E-state index contributed by atoms with van der Waals surface area (Å²) in [5, 5.41) is 9.48. The SMILES string of the molecule is C=CC(c1cccc(O)c1)C(C)CCCC. The predicted molar refractivity (Wildman–Crippen MR) is 69.7 cm³/mol. The Kier molecular flexibility index (Phi) is 5.10. The van der Waals surface area contributed by atoms with Gasteiger partial charge in [-0.1, -0.05) is 44.9 Å². The number of rotatable bonds is 6. The van der Waals surface area contributed by atoms with Crippen molar-refractivity contribution in [3.8, 4) is 5.75 Å². The average Bonchev–Trinajstić information content (AvgIpc) is 2.27. The van der Waals surface area contributed by atoms with Gasteiger partial charge >= 0.3 is 0 Å². The van der Waals surface area contributed by atoms with Gasteiger partial charge in [-0.2, -0.15) is 0 Å². The highest BCUT2D eigenvalue weighted by Gasteiger charge is 2.15. The van der Waals surface area contributed by atoms with Crippen molar-refractivity contribution in [2.24, 2.45) is 5.92 Å². The molecule has 1 heteroatoms. The van der Waals surface area contributed by atoms with Gasteiger partial charge in [0.2, 0.25) is 0 Å². The summed E-state index contributed by atoms with van der Waals surface area (Å²) in [5.41, 5.74) is 1.17. The number of phenolic OH excluding ortho intramolecular Hbond substituents is 1. The smallest absolute Gasteiger partial charge is 0.115 e. The van der Waals surface area contributed by atoms with Crippen LogP contribution in [0.5, 0.6) is 5.75 Å². The lowest BCUT2D eigenvalue weighted by molar-refractivity contribution is 0.455. The quantitative estimate of drug-likeness (QED) is 0.697. The fraction of sp³-hybridized carbons (Fsp3) is 0.467. The molecule has 16 heavy (non-hydrogen) atoms. The van der Waals surface area contributed by atoms with Crippen LogP contribution in [0.15, 0.2) is 36.9 Å². The van der Waals surface area contributed by atoms with E-state index in [1.807, 2.05) is 18.2 Å². The molecule has 2 unspecified atom stereocenters. The summed E-state index contributed by atoms with van der Waals surface area (Å²) >= 11 is 0. The highest BCUT2D eigenvalue weighted by Crippen LogP contribution is 2.30. The Morgan fingerprint density at radius 3 is 2.75 bits per heavy atom. The van der Waals surface area contributed by atoms with Crippen LogP contribution in [-0.4, -0.2) is 5.11 Å². The first-order valence-electron chi connectivity index (χ1n) is 6.10. The summed E-state index contributed by atoms with van der Waals surface area (Å²) in [4.78, 5) is 0. The maximum absolute atomic E-state index is 9.48. The molecule has 0 saturated carbocycles. The number of hydrogen-bond acceptors (Lipinski definition) is 1. The summed E-state index contributed by atoms with van der Waals surface area (Å²) in [7, 11) is 0. The van der Waals surface area contributed by atoms with Crippen LogP contribution in [0.3, 0.4) is 0 Å². The van der Waals surface area contributed by atoms with Crippen molar-refractivity contribution in [1.29, 1.82) is 0 Å². The maximum atomic E-state index is 9.48. The summed E-state index contributed by atoms with van der Waals surface area (Å²) < 4.78 is 0. The molecule has 0 aliphatic rings. The van der Waals surface area contributed by atoms with Crippen LogP contribution in [0, 0.1) is 5.92 Å². The van der Waals surface area contributed by atoms with Crippen LogP contribution >= 0.6 is 0 Å². The topological polar surface area (TPSA) is 20.2 Å². The summed E-state index contributed by atoms with van der Waals surface area (Å²) in [5.74, 6) is 1.27. The van der Waals surface area contributed by atoms with Gasteiger partial charge in [-0.15, -0.1) is 6.58 Å². The number of phenols is 1. The normalized spacial score (nSPS) is 14.4. The molecule has 0 saturated heterocycles. The second-order valence-corrected chi connectivity index (χ2v) is 4.48. The zero-order valence-corrected chi connectivity index (χ0v) is 10.3. The molecule has 0 heterocycles. The van der Waals surface area contributed by atoms with Crippen molar-refractivity contribution in [1.82, 2.24) is 0 Å². The third kappa shape index (κ3) is 3.41. The fourth-order valence-corrected chi connectivity index (χ4v) is 2.13. The molecule has 1 rings (SSSR count). The first-order chi connectivity index (χ1) is 7.69. The van der Waals surface area contributed by atoms with Crippen molar-refractivity contribution >= 4 is 0 Å². The van der Waals surface area contributed by atoms with Crippen LogP contribution in [0.4, 0.5) is 0 Å². The Bertz CT molecular complexity index is 330. The lowest BCUT2D eigenvalue weighted by Gasteiger charge is -2.21. The monoisotopic (exact) mass is 218 g/mol. The summed E-state index contributed by atoms with van der Waals surface area (Å²) in [6.45, 7) is 8.38. The van der Waals surface area contributed by atoms with Gasteiger partial charge in [0.15, 0.2) is 0 Å². The molecule has 1 aromatic rings. The molecule has 0 amide bonds. The number of unbranched alkanes of at least 4 members (excludes halogenated alkanes) is 1. The second kappa shape index (κ2) is 6.37. The Hall–Kier alpha value is -1.24. The van der Waals surface area contributed by atoms with E-state index in [-0.39, 0.29) is 0 Å². The van der Waals surface area contributed by atoms with Crippen LogP contribution in [-0.2, 0) is 0 Å². The van der Waals surface area contributed by atoms with Crippen LogP contribution in [0.2, 0.25) is 0 Å². The van der Waals surface area contributed by atoms with Gasteiger partial charge in [-0.3, -0.25) is 0 Å². The number of hydrogen-bond donors (Lipinski definition) is 1. The van der Waals surface area contributed by atoms with E-state index in [4.69, 9.17) is 0 Å². The van der Waals surface area contributed by atoms with Crippen molar-refractivity contribution < 1.29 is 5.11 Å². The Labute approximate surface area is 98.8 Å². The lowest BCUT2D eigenvalue weighted by Crippen LogP contribution is -2.07. The van der Waals surface area contributed by atoms with E-state index in [0.29, 0.717) is 17.6 Å². The number of benzene rings is 1. The van der Waals surface area contributed by atoms with E-state index < -0.39 is 0 Å². The van der Waals surface area contributed by atoms with Gasteiger partial charge in [0, 0.05) is 5.92 Å². The lowest BCUT2D eigenvalue weighted by atomic mass is 9.84. The maximum Gasteiger partial charge on any atom is 0.115 e. The second-order valence-electron chi connectivity index (χ2n) is 4.48. The van der Waals surface area contributed by atoms with Crippen molar-refractivity contribution in [3.05, 3.63) is 42.5 Å². The molecular weight excluding hydrogens is 196 g/mol. The van der Waals surface area contributed by atoms with E-state index in [0.717, 1.165) is 0 Å². The molecule has 0 bridgehead atoms. The Morgan fingerprint density at radius 1 is 1.44 bits per heavy atom. The van der Waals surface area contributed by atoms with Gasteiger partial charge in [-0.25, -0.2) is 0 Å². The molecule has 0 spiro atoms. The minimum absolute atomic E-state index is 0.340. The van der Waals surface area contributed by atoms with Gasteiger partial charge in [0.05, 0.1) is 0 Å². The number of aromatic hydroxyl groups is 1.